The van der Waals surface area contributed by atoms with Crippen molar-refractivity contribution in [3.05, 3.63) is 95.6 Å². The highest BCUT2D eigenvalue weighted by molar-refractivity contribution is 5.85. The molecule has 3 rings (SSSR count). The van der Waals surface area contributed by atoms with E-state index in [-0.39, 0.29) is 5.91 Å². The molecule has 0 aliphatic rings. The Morgan fingerprint density at radius 2 is 1.31 bits per heavy atom. The molecule has 0 aliphatic carbocycles. The third-order valence-electron chi connectivity index (χ3n) is 4.96. The Bertz CT molecular complexity index is 995. The maximum atomic E-state index is 13.7. The first-order valence-electron chi connectivity index (χ1n) is 10.3. The number of ether oxygens (including phenoxy) is 3. The molecule has 0 aliphatic heterocycles. The molecular weight excluding hydrogens is 406 g/mol. The minimum Gasteiger partial charge on any atom is -0.493 e. The number of hydrogen-bond acceptors (Lipinski definition) is 5. The van der Waals surface area contributed by atoms with Crippen molar-refractivity contribution in [1.29, 1.82) is 0 Å². The lowest BCUT2D eigenvalue weighted by Gasteiger charge is -2.28. The van der Waals surface area contributed by atoms with Gasteiger partial charge in [0.05, 0.1) is 14.2 Å². The highest BCUT2D eigenvalue weighted by atomic mass is 16.5. The molecule has 0 heterocycles. The van der Waals surface area contributed by atoms with Crippen molar-refractivity contribution < 1.29 is 23.8 Å². The molecule has 0 aromatic heterocycles. The average molecular weight is 434 g/mol. The maximum absolute atomic E-state index is 13.7. The molecule has 0 N–H and O–H groups in total. The maximum Gasteiger partial charge on any atom is 0.303 e. The Hall–Kier alpha value is -3.80. The van der Waals surface area contributed by atoms with Gasteiger partial charge in [0.15, 0.2) is 11.5 Å². The predicted octanol–water partition coefficient (Wildman–Crippen LogP) is 4.54. The van der Waals surface area contributed by atoms with Crippen LogP contribution in [-0.2, 0) is 27.4 Å². The number of amides is 1. The molecule has 1 unspecified atom stereocenters. The van der Waals surface area contributed by atoms with Gasteiger partial charge in [-0.15, -0.1) is 0 Å². The highest BCUT2D eigenvalue weighted by Gasteiger charge is 2.30. The van der Waals surface area contributed by atoms with Gasteiger partial charge in [-0.05, 0) is 23.3 Å². The van der Waals surface area contributed by atoms with E-state index < -0.39 is 12.1 Å². The second kappa shape index (κ2) is 11.0. The zero-order valence-electron chi connectivity index (χ0n) is 18.5. The van der Waals surface area contributed by atoms with E-state index in [4.69, 9.17) is 14.2 Å². The molecular formula is C26H27NO5. The van der Waals surface area contributed by atoms with Gasteiger partial charge in [-0.2, -0.15) is 0 Å². The number of benzene rings is 3. The summed E-state index contributed by atoms with van der Waals surface area (Å²) < 4.78 is 16.2. The standard InChI is InChI=1S/C26H27NO5/c1-19(28)32-25(22-14-15-23(30-2)24(16-22)31-3)26(29)27(17-20-10-6-4-7-11-20)18-21-12-8-5-9-13-21/h4-16,25H,17-18H2,1-3H3. The summed E-state index contributed by atoms with van der Waals surface area (Å²) in [6.07, 6.45) is -1.11. The van der Waals surface area contributed by atoms with Crippen molar-refractivity contribution in [2.45, 2.75) is 26.1 Å². The fourth-order valence-corrected chi connectivity index (χ4v) is 3.43. The highest BCUT2D eigenvalue weighted by Crippen LogP contribution is 2.32. The van der Waals surface area contributed by atoms with Gasteiger partial charge in [-0.25, -0.2) is 0 Å². The van der Waals surface area contributed by atoms with Gasteiger partial charge in [0.2, 0.25) is 6.10 Å². The molecule has 0 bridgehead atoms. The molecule has 3 aromatic rings. The van der Waals surface area contributed by atoms with Crippen LogP contribution in [0.2, 0.25) is 0 Å². The monoisotopic (exact) mass is 433 g/mol. The minimum atomic E-state index is -1.11. The Balaban J connectivity index is 1.97. The number of hydrogen-bond donors (Lipinski definition) is 0. The van der Waals surface area contributed by atoms with Crippen molar-refractivity contribution in [2.75, 3.05) is 14.2 Å². The summed E-state index contributed by atoms with van der Waals surface area (Å²) in [7, 11) is 3.05. The average Bonchev–Trinajstić information content (AvgIpc) is 2.82. The first-order chi connectivity index (χ1) is 15.5. The quantitative estimate of drug-likeness (QED) is 0.464. The summed E-state index contributed by atoms with van der Waals surface area (Å²) in [5.41, 5.74) is 2.46. The number of carbonyl (C=O) groups is 2. The number of carbonyl (C=O) groups excluding carboxylic acids is 2. The van der Waals surface area contributed by atoms with Crippen LogP contribution in [0.1, 0.15) is 29.7 Å². The fourth-order valence-electron chi connectivity index (χ4n) is 3.43. The summed E-state index contributed by atoms with van der Waals surface area (Å²) >= 11 is 0. The molecule has 1 atom stereocenters. The van der Waals surface area contributed by atoms with E-state index in [9.17, 15) is 9.59 Å². The van der Waals surface area contributed by atoms with Crippen molar-refractivity contribution in [1.82, 2.24) is 4.90 Å². The number of nitrogens with zero attached hydrogens (tertiary/aromatic N) is 1. The zero-order chi connectivity index (χ0) is 22.9. The fraction of sp³-hybridized carbons (Fsp3) is 0.231. The molecule has 1 amide bonds. The van der Waals surface area contributed by atoms with E-state index in [1.807, 2.05) is 60.7 Å². The van der Waals surface area contributed by atoms with E-state index >= 15 is 0 Å². The van der Waals surface area contributed by atoms with Crippen LogP contribution in [0, 0.1) is 0 Å². The third kappa shape index (κ3) is 5.88. The smallest absolute Gasteiger partial charge is 0.303 e. The second-order valence-corrected chi connectivity index (χ2v) is 7.27. The van der Waals surface area contributed by atoms with E-state index in [0.717, 1.165) is 11.1 Å². The molecule has 166 valence electrons. The molecule has 32 heavy (non-hydrogen) atoms. The number of rotatable bonds is 9. The van der Waals surface area contributed by atoms with Crippen LogP contribution in [0.25, 0.3) is 0 Å². The van der Waals surface area contributed by atoms with Crippen LogP contribution in [0.3, 0.4) is 0 Å². The number of esters is 1. The van der Waals surface area contributed by atoms with Crippen molar-refractivity contribution in [3.63, 3.8) is 0 Å². The first kappa shape index (κ1) is 22.9. The third-order valence-corrected chi connectivity index (χ3v) is 4.96. The lowest BCUT2D eigenvalue weighted by atomic mass is 10.1. The van der Waals surface area contributed by atoms with E-state index in [0.29, 0.717) is 30.2 Å². The summed E-state index contributed by atoms with van der Waals surface area (Å²) in [6.45, 7) is 2.04. The molecule has 0 spiro atoms. The Labute approximate surface area is 188 Å². The van der Waals surface area contributed by atoms with Gasteiger partial charge >= 0.3 is 5.97 Å². The molecule has 3 aromatic carbocycles. The van der Waals surface area contributed by atoms with Crippen LogP contribution in [0.4, 0.5) is 0 Å². The van der Waals surface area contributed by atoms with E-state index in [2.05, 4.69) is 0 Å². The van der Waals surface area contributed by atoms with Crippen LogP contribution >= 0.6 is 0 Å². The van der Waals surface area contributed by atoms with Crippen LogP contribution < -0.4 is 9.47 Å². The van der Waals surface area contributed by atoms with Gasteiger partial charge < -0.3 is 19.1 Å². The molecule has 0 saturated carbocycles. The van der Waals surface area contributed by atoms with E-state index in [1.54, 1.807) is 23.1 Å². The van der Waals surface area contributed by atoms with Crippen molar-refractivity contribution in [3.8, 4) is 11.5 Å². The number of methoxy groups -OCH3 is 2. The van der Waals surface area contributed by atoms with Crippen molar-refractivity contribution in [2.24, 2.45) is 0 Å². The van der Waals surface area contributed by atoms with Gasteiger partial charge in [0, 0.05) is 25.6 Å². The molecule has 6 nitrogen and oxygen atoms in total. The largest absolute Gasteiger partial charge is 0.493 e. The second-order valence-electron chi connectivity index (χ2n) is 7.27. The lowest BCUT2D eigenvalue weighted by Crippen LogP contribution is -2.36. The SMILES string of the molecule is COc1ccc(C(OC(C)=O)C(=O)N(Cc2ccccc2)Cc2ccccc2)cc1OC. The Morgan fingerprint density at radius 3 is 1.78 bits per heavy atom. The van der Waals surface area contributed by atoms with Crippen LogP contribution in [0.15, 0.2) is 78.9 Å². The van der Waals surface area contributed by atoms with Gasteiger partial charge in [0.25, 0.3) is 5.91 Å². The minimum absolute atomic E-state index is 0.319. The summed E-state index contributed by atoms with van der Waals surface area (Å²) in [5.74, 6) is 0.112. The molecule has 0 saturated heterocycles. The molecule has 6 heteroatoms. The van der Waals surface area contributed by atoms with Gasteiger partial charge in [0.1, 0.15) is 0 Å². The Morgan fingerprint density at radius 1 is 0.781 bits per heavy atom. The molecule has 0 fully saturated rings. The van der Waals surface area contributed by atoms with Gasteiger partial charge in [-0.1, -0.05) is 66.7 Å². The van der Waals surface area contributed by atoms with E-state index in [1.165, 1.54) is 21.1 Å². The summed E-state index contributed by atoms with van der Waals surface area (Å²) in [6, 6.07) is 24.5. The predicted molar refractivity (Wildman–Crippen MR) is 121 cm³/mol. The zero-order valence-corrected chi connectivity index (χ0v) is 18.5. The summed E-state index contributed by atoms with van der Waals surface area (Å²) in [4.78, 5) is 27.3. The van der Waals surface area contributed by atoms with Crippen molar-refractivity contribution >= 4 is 11.9 Å². The topological polar surface area (TPSA) is 65.1 Å². The van der Waals surface area contributed by atoms with Gasteiger partial charge in [-0.3, -0.25) is 9.59 Å². The van der Waals surface area contributed by atoms with Crippen LogP contribution in [-0.4, -0.2) is 31.0 Å². The van der Waals surface area contributed by atoms with Crippen LogP contribution in [0.5, 0.6) is 11.5 Å². The summed E-state index contributed by atoms with van der Waals surface area (Å²) in [5, 5.41) is 0. The molecule has 0 radical (unpaired) electrons. The Kier molecular flexibility index (Phi) is 7.86. The first-order valence-corrected chi connectivity index (χ1v) is 10.3. The normalized spacial score (nSPS) is 11.3. The lowest BCUT2D eigenvalue weighted by molar-refractivity contribution is -0.160.